The Morgan fingerprint density at radius 1 is 1.08 bits per heavy atom. The third-order valence-electron chi connectivity index (χ3n) is 4.88. The molecule has 0 heterocycles. The molecule has 2 fully saturated rings. The number of rotatable bonds is 0. The minimum Gasteiger partial charge on any atom is -0.0848 e. The molecule has 4 aliphatic rings. The Balaban J connectivity index is 2.00. The summed E-state index contributed by atoms with van der Waals surface area (Å²) in [6.45, 7) is 4.91. The Kier molecular flexibility index (Phi) is 1.18. The van der Waals surface area contributed by atoms with Gasteiger partial charge in [-0.15, -0.1) is 0 Å². The van der Waals surface area contributed by atoms with E-state index in [1.165, 1.54) is 19.3 Å². The molecule has 2 saturated carbocycles. The van der Waals surface area contributed by atoms with Crippen LogP contribution < -0.4 is 0 Å². The van der Waals surface area contributed by atoms with Crippen molar-refractivity contribution in [1.82, 2.24) is 0 Å². The summed E-state index contributed by atoms with van der Waals surface area (Å²) in [5.74, 6) is 3.77. The lowest BCUT2D eigenvalue weighted by molar-refractivity contribution is 0.0738. The Morgan fingerprint density at radius 3 is 2.42 bits per heavy atom. The molecular weight excluding hydrogens is 144 g/mol. The van der Waals surface area contributed by atoms with E-state index in [-0.39, 0.29) is 0 Å². The van der Waals surface area contributed by atoms with Crippen LogP contribution in [0.25, 0.3) is 0 Å². The first-order valence-electron chi connectivity index (χ1n) is 5.41. The standard InChI is InChI=1S/C12H18/c1-8-9(2)11-4-3-10(8)7-12(11)5-6-12/h3-4,8-11H,5-7H2,1-2H3/t8-,9+,10?,11?/m0/s1. The molecule has 0 aromatic rings. The summed E-state index contributed by atoms with van der Waals surface area (Å²) >= 11 is 0. The van der Waals surface area contributed by atoms with Gasteiger partial charge in [0, 0.05) is 0 Å². The first kappa shape index (κ1) is 7.17. The van der Waals surface area contributed by atoms with Gasteiger partial charge in [-0.1, -0.05) is 26.0 Å². The van der Waals surface area contributed by atoms with Crippen LogP contribution in [-0.4, -0.2) is 0 Å². The number of hydrogen-bond donors (Lipinski definition) is 0. The predicted octanol–water partition coefficient (Wildman–Crippen LogP) is 3.24. The van der Waals surface area contributed by atoms with Crippen molar-refractivity contribution in [2.75, 3.05) is 0 Å². The average molecular weight is 162 g/mol. The van der Waals surface area contributed by atoms with E-state index < -0.39 is 0 Å². The van der Waals surface area contributed by atoms with Gasteiger partial charge in [-0.3, -0.25) is 0 Å². The molecule has 0 nitrogen and oxygen atoms in total. The molecule has 0 amide bonds. The lowest BCUT2D eigenvalue weighted by atomic mass is 9.57. The molecule has 2 bridgehead atoms. The minimum atomic E-state index is 0.811. The van der Waals surface area contributed by atoms with E-state index in [4.69, 9.17) is 0 Å². The van der Waals surface area contributed by atoms with E-state index in [1.54, 1.807) is 0 Å². The molecule has 4 aliphatic carbocycles. The summed E-state index contributed by atoms with van der Waals surface area (Å²) in [4.78, 5) is 0. The lowest BCUT2D eigenvalue weighted by Gasteiger charge is -2.47. The highest BCUT2D eigenvalue weighted by atomic mass is 14.6. The van der Waals surface area contributed by atoms with Gasteiger partial charge in [0.25, 0.3) is 0 Å². The fourth-order valence-corrected chi connectivity index (χ4v) is 3.65. The van der Waals surface area contributed by atoms with Crippen molar-refractivity contribution in [3.05, 3.63) is 12.2 Å². The van der Waals surface area contributed by atoms with Gasteiger partial charge in [0.2, 0.25) is 0 Å². The first-order chi connectivity index (χ1) is 5.73. The molecule has 12 heavy (non-hydrogen) atoms. The fraction of sp³-hybridized carbons (Fsp3) is 0.833. The maximum Gasteiger partial charge on any atom is -0.0148 e. The maximum atomic E-state index is 2.53. The van der Waals surface area contributed by atoms with Crippen LogP contribution in [0, 0.1) is 29.1 Å². The molecule has 0 saturated heterocycles. The van der Waals surface area contributed by atoms with Crippen molar-refractivity contribution < 1.29 is 0 Å². The van der Waals surface area contributed by atoms with Crippen molar-refractivity contribution in [3.8, 4) is 0 Å². The normalized spacial score (nSPS) is 53.2. The van der Waals surface area contributed by atoms with E-state index in [0.29, 0.717) is 0 Å². The Bertz CT molecular complexity index is 234. The predicted molar refractivity (Wildman–Crippen MR) is 50.7 cm³/mol. The first-order valence-corrected chi connectivity index (χ1v) is 5.41. The van der Waals surface area contributed by atoms with Crippen molar-refractivity contribution in [2.45, 2.75) is 33.1 Å². The van der Waals surface area contributed by atoms with E-state index in [0.717, 1.165) is 29.1 Å². The molecular formula is C12H18. The smallest absolute Gasteiger partial charge is 0.0148 e. The van der Waals surface area contributed by atoms with Gasteiger partial charge < -0.3 is 0 Å². The van der Waals surface area contributed by atoms with Crippen LogP contribution in [0.4, 0.5) is 0 Å². The molecule has 66 valence electrons. The number of fused-ring (bicyclic) bond motifs is 1. The maximum absolute atomic E-state index is 2.53. The minimum absolute atomic E-state index is 0.811. The number of hydrogen-bond acceptors (Lipinski definition) is 0. The van der Waals surface area contributed by atoms with Gasteiger partial charge >= 0.3 is 0 Å². The quantitative estimate of drug-likeness (QED) is 0.480. The van der Waals surface area contributed by atoms with Gasteiger partial charge in [0.15, 0.2) is 0 Å². The monoisotopic (exact) mass is 162 g/mol. The lowest BCUT2D eigenvalue weighted by Crippen LogP contribution is -2.40. The molecule has 0 N–H and O–H groups in total. The second-order valence-electron chi connectivity index (χ2n) is 5.36. The van der Waals surface area contributed by atoms with Crippen molar-refractivity contribution >= 4 is 0 Å². The van der Waals surface area contributed by atoms with Gasteiger partial charge in [-0.05, 0) is 48.3 Å². The Morgan fingerprint density at radius 2 is 1.83 bits per heavy atom. The summed E-state index contributed by atoms with van der Waals surface area (Å²) in [5.41, 5.74) is 0.811. The molecule has 0 aliphatic heterocycles. The zero-order chi connectivity index (χ0) is 8.34. The highest BCUT2D eigenvalue weighted by Crippen LogP contribution is 2.66. The van der Waals surface area contributed by atoms with Crippen LogP contribution in [0.3, 0.4) is 0 Å². The zero-order valence-electron chi connectivity index (χ0n) is 8.09. The highest BCUT2D eigenvalue weighted by molar-refractivity contribution is 5.19. The van der Waals surface area contributed by atoms with Gasteiger partial charge in [0.1, 0.15) is 0 Å². The van der Waals surface area contributed by atoms with E-state index in [1.807, 2.05) is 0 Å². The van der Waals surface area contributed by atoms with Crippen LogP contribution in [0.5, 0.6) is 0 Å². The molecule has 0 aromatic heterocycles. The summed E-state index contributed by atoms with van der Waals surface area (Å²) < 4.78 is 0. The van der Waals surface area contributed by atoms with Crippen LogP contribution in [0.2, 0.25) is 0 Å². The van der Waals surface area contributed by atoms with Crippen LogP contribution in [-0.2, 0) is 0 Å². The number of allylic oxidation sites excluding steroid dienone is 2. The van der Waals surface area contributed by atoms with E-state index >= 15 is 0 Å². The van der Waals surface area contributed by atoms with E-state index in [2.05, 4.69) is 26.0 Å². The van der Waals surface area contributed by atoms with Crippen LogP contribution >= 0.6 is 0 Å². The van der Waals surface area contributed by atoms with Crippen molar-refractivity contribution in [3.63, 3.8) is 0 Å². The molecule has 0 heteroatoms. The largest absolute Gasteiger partial charge is 0.0848 e. The van der Waals surface area contributed by atoms with Gasteiger partial charge in [0.05, 0.1) is 0 Å². The topological polar surface area (TPSA) is 0 Å². The molecule has 0 aromatic carbocycles. The zero-order valence-corrected chi connectivity index (χ0v) is 8.09. The fourth-order valence-electron chi connectivity index (χ4n) is 3.65. The Labute approximate surface area is 75.0 Å². The summed E-state index contributed by atoms with van der Waals surface area (Å²) in [6, 6.07) is 0. The van der Waals surface area contributed by atoms with Gasteiger partial charge in [-0.25, -0.2) is 0 Å². The van der Waals surface area contributed by atoms with Crippen LogP contribution in [0.15, 0.2) is 12.2 Å². The van der Waals surface area contributed by atoms with Crippen LogP contribution in [0.1, 0.15) is 33.1 Å². The summed E-state index contributed by atoms with van der Waals surface area (Å²) in [5, 5.41) is 0. The highest BCUT2D eigenvalue weighted by Gasteiger charge is 2.57. The molecule has 1 spiro atoms. The average Bonchev–Trinajstić information content (AvgIpc) is 2.80. The van der Waals surface area contributed by atoms with Crippen molar-refractivity contribution in [2.24, 2.45) is 29.1 Å². The molecule has 4 atom stereocenters. The van der Waals surface area contributed by atoms with E-state index in [9.17, 15) is 0 Å². The molecule has 4 rings (SSSR count). The summed E-state index contributed by atoms with van der Waals surface area (Å²) in [6.07, 6.45) is 9.59. The van der Waals surface area contributed by atoms with Gasteiger partial charge in [-0.2, -0.15) is 0 Å². The molecule has 2 unspecified atom stereocenters. The summed E-state index contributed by atoms with van der Waals surface area (Å²) in [7, 11) is 0. The van der Waals surface area contributed by atoms with Crippen molar-refractivity contribution in [1.29, 1.82) is 0 Å². The second kappa shape index (κ2) is 1.97. The third kappa shape index (κ3) is 0.694. The molecule has 0 radical (unpaired) electrons. The SMILES string of the molecule is C[C@@H]1C2C=CC([C@@H]1C)C1(CC1)C2. The Hall–Kier alpha value is -0.260. The third-order valence-corrected chi connectivity index (χ3v) is 4.88. The second-order valence-corrected chi connectivity index (χ2v) is 5.36.